The first-order chi connectivity index (χ1) is 11.1. The topological polar surface area (TPSA) is 58.6 Å². The molecule has 5 nitrogen and oxygen atoms in total. The Balaban J connectivity index is 1.66. The Kier molecular flexibility index (Phi) is 6.85. The summed E-state index contributed by atoms with van der Waals surface area (Å²) in [6.07, 6.45) is 2.29. The van der Waals surface area contributed by atoms with E-state index in [0.717, 1.165) is 41.5 Å². The third kappa shape index (κ3) is 5.84. The van der Waals surface area contributed by atoms with Crippen molar-refractivity contribution in [2.75, 3.05) is 30.8 Å². The lowest BCUT2D eigenvalue weighted by atomic mass is 10.2. The van der Waals surface area contributed by atoms with E-state index in [4.69, 9.17) is 17.0 Å². The van der Waals surface area contributed by atoms with Crippen molar-refractivity contribution in [2.24, 2.45) is 0 Å². The highest BCUT2D eigenvalue weighted by atomic mass is 32.2. The second kappa shape index (κ2) is 8.88. The number of para-hydroxylation sites is 1. The predicted octanol–water partition coefficient (Wildman–Crippen LogP) is 2.59. The van der Waals surface area contributed by atoms with Crippen LogP contribution in [-0.4, -0.2) is 46.5 Å². The van der Waals surface area contributed by atoms with Gasteiger partial charge in [0.05, 0.1) is 5.75 Å². The first-order valence-corrected chi connectivity index (χ1v) is 8.88. The summed E-state index contributed by atoms with van der Waals surface area (Å²) in [4.78, 5) is 25.6. The van der Waals surface area contributed by atoms with E-state index < -0.39 is 5.97 Å². The van der Waals surface area contributed by atoms with Crippen molar-refractivity contribution >= 4 is 45.9 Å². The predicted molar refractivity (Wildman–Crippen MR) is 96.6 cm³/mol. The molecular formula is C16H20N2O3S2. The van der Waals surface area contributed by atoms with Crippen molar-refractivity contribution in [3.8, 4) is 0 Å². The molecule has 1 fully saturated rings. The molecule has 2 rings (SSSR count). The summed E-state index contributed by atoms with van der Waals surface area (Å²) in [6.45, 7) is 3.53. The van der Waals surface area contributed by atoms with Gasteiger partial charge in [-0.2, -0.15) is 0 Å². The molecule has 1 amide bonds. The maximum Gasteiger partial charge on any atom is 0.316 e. The number of carbonyl (C=O) groups is 2. The molecule has 0 radical (unpaired) electrons. The third-order valence-corrected chi connectivity index (χ3v) is 4.96. The van der Waals surface area contributed by atoms with Crippen LogP contribution in [0.15, 0.2) is 24.3 Å². The van der Waals surface area contributed by atoms with Crippen molar-refractivity contribution in [3.63, 3.8) is 0 Å². The van der Waals surface area contributed by atoms with Crippen LogP contribution in [-0.2, 0) is 14.3 Å². The number of thioether (sulfide) groups is 1. The SMILES string of the molecule is Cc1ccccc1NC(=O)COC(=O)CSC(=S)N1CCCC1. The van der Waals surface area contributed by atoms with Gasteiger partial charge in [0, 0.05) is 18.8 Å². The number of hydrogen-bond acceptors (Lipinski definition) is 5. The number of rotatable bonds is 5. The molecule has 0 atom stereocenters. The van der Waals surface area contributed by atoms with E-state index in [1.807, 2.05) is 25.1 Å². The number of benzene rings is 1. The van der Waals surface area contributed by atoms with E-state index in [-0.39, 0.29) is 18.3 Å². The largest absolute Gasteiger partial charge is 0.455 e. The Morgan fingerprint density at radius 3 is 2.70 bits per heavy atom. The Morgan fingerprint density at radius 2 is 2.00 bits per heavy atom. The van der Waals surface area contributed by atoms with Gasteiger partial charge in [0.1, 0.15) is 4.32 Å². The van der Waals surface area contributed by atoms with E-state index in [2.05, 4.69) is 10.2 Å². The smallest absolute Gasteiger partial charge is 0.316 e. The zero-order chi connectivity index (χ0) is 16.7. The van der Waals surface area contributed by atoms with Crippen LogP contribution in [0.3, 0.4) is 0 Å². The fourth-order valence-electron chi connectivity index (χ4n) is 2.20. The highest BCUT2D eigenvalue weighted by Crippen LogP contribution is 2.16. The molecular weight excluding hydrogens is 332 g/mol. The van der Waals surface area contributed by atoms with E-state index in [0.29, 0.717) is 0 Å². The summed E-state index contributed by atoms with van der Waals surface area (Å²) >= 11 is 6.56. The van der Waals surface area contributed by atoms with Crippen LogP contribution >= 0.6 is 24.0 Å². The van der Waals surface area contributed by atoms with Crippen molar-refractivity contribution in [2.45, 2.75) is 19.8 Å². The van der Waals surface area contributed by atoms with Crippen molar-refractivity contribution in [1.82, 2.24) is 4.90 Å². The van der Waals surface area contributed by atoms with Gasteiger partial charge in [-0.05, 0) is 31.4 Å². The lowest BCUT2D eigenvalue weighted by molar-refractivity contribution is -0.144. The molecule has 7 heteroatoms. The second-order valence-corrected chi connectivity index (χ2v) is 6.88. The molecule has 0 aromatic heterocycles. The van der Waals surface area contributed by atoms with E-state index in [1.54, 1.807) is 6.07 Å². The third-order valence-electron chi connectivity index (χ3n) is 3.46. The molecule has 1 N–H and O–H groups in total. The number of thiocarbonyl (C=S) groups is 1. The molecule has 1 aliphatic rings. The summed E-state index contributed by atoms with van der Waals surface area (Å²) in [5.41, 5.74) is 1.68. The lowest BCUT2D eigenvalue weighted by Crippen LogP contribution is -2.25. The molecule has 1 aromatic rings. The van der Waals surface area contributed by atoms with Crippen molar-refractivity contribution < 1.29 is 14.3 Å². The van der Waals surface area contributed by atoms with Gasteiger partial charge in [-0.3, -0.25) is 9.59 Å². The van der Waals surface area contributed by atoms with Gasteiger partial charge in [0.25, 0.3) is 5.91 Å². The van der Waals surface area contributed by atoms with E-state index in [1.165, 1.54) is 11.8 Å². The fraction of sp³-hybridized carbons (Fsp3) is 0.438. The molecule has 1 aromatic carbocycles. The molecule has 0 saturated carbocycles. The van der Waals surface area contributed by atoms with Crippen LogP contribution < -0.4 is 5.32 Å². The van der Waals surface area contributed by atoms with Gasteiger partial charge >= 0.3 is 5.97 Å². The minimum atomic E-state index is -0.434. The first kappa shape index (κ1) is 17.7. The minimum Gasteiger partial charge on any atom is -0.455 e. The zero-order valence-corrected chi connectivity index (χ0v) is 14.7. The molecule has 1 heterocycles. The van der Waals surface area contributed by atoms with Gasteiger partial charge in [-0.1, -0.05) is 42.2 Å². The van der Waals surface area contributed by atoms with Crippen LogP contribution in [0.1, 0.15) is 18.4 Å². The Hall–Kier alpha value is -1.60. The molecule has 1 aliphatic heterocycles. The standard InChI is InChI=1S/C16H20N2O3S2/c1-12-6-2-3-7-13(12)17-14(19)10-21-15(20)11-23-16(22)18-8-4-5-9-18/h2-3,6-7H,4-5,8-11H2,1H3,(H,17,19). The highest BCUT2D eigenvalue weighted by Gasteiger charge is 2.17. The fourth-order valence-corrected chi connectivity index (χ4v) is 3.25. The molecule has 0 aliphatic carbocycles. The first-order valence-electron chi connectivity index (χ1n) is 7.49. The number of esters is 1. The summed E-state index contributed by atoms with van der Waals surface area (Å²) in [5.74, 6) is -0.649. The van der Waals surface area contributed by atoms with Gasteiger partial charge in [-0.15, -0.1) is 0 Å². The Labute approximate surface area is 145 Å². The van der Waals surface area contributed by atoms with Crippen molar-refractivity contribution in [1.29, 1.82) is 0 Å². The normalized spacial score (nSPS) is 13.7. The average Bonchev–Trinajstić information content (AvgIpc) is 3.07. The molecule has 23 heavy (non-hydrogen) atoms. The summed E-state index contributed by atoms with van der Waals surface area (Å²) in [6, 6.07) is 7.44. The lowest BCUT2D eigenvalue weighted by Gasteiger charge is -2.17. The molecule has 0 unspecified atom stereocenters. The van der Waals surface area contributed by atoms with Gasteiger partial charge in [-0.25, -0.2) is 0 Å². The van der Waals surface area contributed by atoms with E-state index in [9.17, 15) is 9.59 Å². The van der Waals surface area contributed by atoms with Gasteiger partial charge < -0.3 is 15.0 Å². The maximum absolute atomic E-state index is 11.8. The molecule has 124 valence electrons. The number of hydrogen-bond donors (Lipinski definition) is 1. The number of likely N-dealkylation sites (tertiary alicyclic amines) is 1. The Morgan fingerprint density at radius 1 is 1.30 bits per heavy atom. The minimum absolute atomic E-state index is 0.132. The number of nitrogens with zero attached hydrogens (tertiary/aromatic N) is 1. The number of aryl methyl sites for hydroxylation is 1. The average molecular weight is 352 g/mol. The van der Waals surface area contributed by atoms with Crippen LogP contribution in [0.25, 0.3) is 0 Å². The van der Waals surface area contributed by atoms with Crippen LogP contribution in [0.5, 0.6) is 0 Å². The number of ether oxygens (including phenoxy) is 1. The van der Waals surface area contributed by atoms with Crippen LogP contribution in [0, 0.1) is 6.92 Å². The van der Waals surface area contributed by atoms with Crippen LogP contribution in [0.4, 0.5) is 5.69 Å². The number of anilines is 1. The van der Waals surface area contributed by atoms with Crippen LogP contribution in [0.2, 0.25) is 0 Å². The molecule has 0 spiro atoms. The summed E-state index contributed by atoms with van der Waals surface area (Å²) in [7, 11) is 0. The van der Waals surface area contributed by atoms with E-state index >= 15 is 0 Å². The summed E-state index contributed by atoms with van der Waals surface area (Å²) in [5, 5.41) is 2.72. The zero-order valence-electron chi connectivity index (χ0n) is 13.0. The van der Waals surface area contributed by atoms with Gasteiger partial charge in [0.15, 0.2) is 6.61 Å². The number of carbonyl (C=O) groups excluding carboxylic acids is 2. The summed E-state index contributed by atoms with van der Waals surface area (Å²) < 4.78 is 5.70. The highest BCUT2D eigenvalue weighted by molar-refractivity contribution is 8.23. The maximum atomic E-state index is 11.8. The quantitative estimate of drug-likeness (QED) is 0.649. The Bertz CT molecular complexity index is 586. The number of amides is 1. The van der Waals surface area contributed by atoms with Gasteiger partial charge in [0.2, 0.25) is 0 Å². The second-order valence-electron chi connectivity index (χ2n) is 5.27. The molecule has 1 saturated heterocycles. The monoisotopic (exact) mass is 352 g/mol. The van der Waals surface area contributed by atoms with Crippen molar-refractivity contribution in [3.05, 3.63) is 29.8 Å². The molecule has 0 bridgehead atoms. The number of nitrogens with one attached hydrogen (secondary N) is 1.